The molecule has 0 aliphatic heterocycles. The number of nitrogen functional groups attached to an aromatic ring is 1. The number of anilines is 2. The van der Waals surface area contributed by atoms with Crippen molar-refractivity contribution in [3.63, 3.8) is 0 Å². The van der Waals surface area contributed by atoms with E-state index in [1.165, 1.54) is 19.1 Å². The number of nitrogens with two attached hydrogens (primary N) is 1. The fraction of sp³-hybridized carbons (Fsp3) is 0.125. The van der Waals surface area contributed by atoms with Crippen LogP contribution >= 0.6 is 0 Å². The monoisotopic (exact) mass is 230 g/mol. The van der Waals surface area contributed by atoms with Crippen LogP contribution in [0.15, 0.2) is 23.1 Å². The SMILES string of the molecule is CC(=O)Nc1c(N)cccc1S(=O)(=O)O. The van der Waals surface area contributed by atoms with Gasteiger partial charge in [0.15, 0.2) is 0 Å². The first kappa shape index (κ1) is 11.5. The van der Waals surface area contributed by atoms with Crippen molar-refractivity contribution in [3.05, 3.63) is 18.2 Å². The molecule has 0 spiro atoms. The molecule has 0 aliphatic carbocycles. The maximum Gasteiger partial charge on any atom is 0.296 e. The largest absolute Gasteiger partial charge is 0.397 e. The van der Waals surface area contributed by atoms with Gasteiger partial charge in [-0.1, -0.05) is 6.07 Å². The van der Waals surface area contributed by atoms with E-state index in [-0.39, 0.29) is 11.4 Å². The van der Waals surface area contributed by atoms with Crippen LogP contribution in [0.4, 0.5) is 11.4 Å². The van der Waals surface area contributed by atoms with Gasteiger partial charge in [0.25, 0.3) is 10.1 Å². The third kappa shape index (κ3) is 2.67. The molecular formula is C8H10N2O4S. The first-order valence-corrected chi connectivity index (χ1v) is 5.40. The number of carbonyl (C=O) groups is 1. The average Bonchev–Trinajstić information content (AvgIpc) is 2.05. The zero-order valence-electron chi connectivity index (χ0n) is 7.89. The lowest BCUT2D eigenvalue weighted by atomic mass is 10.2. The number of amides is 1. The molecule has 0 unspecified atom stereocenters. The molecule has 7 heteroatoms. The van der Waals surface area contributed by atoms with Crippen LogP contribution in [0, 0.1) is 0 Å². The Hall–Kier alpha value is -1.60. The van der Waals surface area contributed by atoms with Crippen molar-refractivity contribution >= 4 is 27.4 Å². The first-order valence-electron chi connectivity index (χ1n) is 3.96. The van der Waals surface area contributed by atoms with Crippen LogP contribution in [-0.4, -0.2) is 18.9 Å². The molecule has 6 nitrogen and oxygen atoms in total. The molecule has 1 aromatic rings. The van der Waals surface area contributed by atoms with Crippen molar-refractivity contribution in [3.8, 4) is 0 Å². The van der Waals surface area contributed by atoms with E-state index < -0.39 is 20.9 Å². The minimum atomic E-state index is -4.40. The Morgan fingerprint density at radius 1 is 1.47 bits per heavy atom. The van der Waals surface area contributed by atoms with Crippen LogP contribution in [0.25, 0.3) is 0 Å². The number of rotatable bonds is 2. The number of nitrogens with one attached hydrogen (secondary N) is 1. The van der Waals surface area contributed by atoms with Gasteiger partial charge in [0.2, 0.25) is 5.91 Å². The minimum absolute atomic E-state index is 0.0697. The summed E-state index contributed by atoms with van der Waals surface area (Å²) in [6, 6.07) is 3.93. The van der Waals surface area contributed by atoms with Crippen molar-refractivity contribution in [1.29, 1.82) is 0 Å². The Balaban J connectivity index is 3.40. The van der Waals surface area contributed by atoms with Gasteiger partial charge in [0.05, 0.1) is 11.4 Å². The van der Waals surface area contributed by atoms with Crippen LogP contribution in [-0.2, 0) is 14.9 Å². The van der Waals surface area contributed by atoms with Gasteiger partial charge in [0.1, 0.15) is 4.90 Å². The second kappa shape index (κ2) is 3.87. The molecule has 1 aromatic carbocycles. The number of para-hydroxylation sites is 1. The summed E-state index contributed by atoms with van der Waals surface area (Å²) in [5.74, 6) is -0.474. The molecule has 0 saturated carbocycles. The summed E-state index contributed by atoms with van der Waals surface area (Å²) in [5.41, 5.74) is 5.44. The highest BCUT2D eigenvalue weighted by Crippen LogP contribution is 2.27. The molecule has 4 N–H and O–H groups in total. The maximum atomic E-state index is 10.9. The zero-order valence-corrected chi connectivity index (χ0v) is 8.71. The van der Waals surface area contributed by atoms with Crippen molar-refractivity contribution in [2.75, 3.05) is 11.1 Å². The standard InChI is InChI=1S/C8H10N2O4S/c1-5(11)10-8-6(9)3-2-4-7(8)15(12,13)14/h2-4H,9H2,1H3,(H,10,11)(H,12,13,14). The lowest BCUT2D eigenvalue weighted by Crippen LogP contribution is -2.12. The van der Waals surface area contributed by atoms with Gasteiger partial charge >= 0.3 is 0 Å². The summed E-state index contributed by atoms with van der Waals surface area (Å²) in [4.78, 5) is 10.4. The highest BCUT2D eigenvalue weighted by molar-refractivity contribution is 7.86. The number of hydrogen-bond acceptors (Lipinski definition) is 4. The molecule has 82 valence electrons. The predicted molar refractivity (Wildman–Crippen MR) is 55.0 cm³/mol. The summed E-state index contributed by atoms with van der Waals surface area (Å²) in [7, 11) is -4.40. The molecule has 0 bridgehead atoms. The second-order valence-electron chi connectivity index (χ2n) is 2.88. The molecule has 0 aliphatic rings. The normalized spacial score (nSPS) is 11.1. The quantitative estimate of drug-likeness (QED) is 0.505. The summed E-state index contributed by atoms with van der Waals surface area (Å²) in [6.07, 6.45) is 0. The molecule has 15 heavy (non-hydrogen) atoms. The van der Waals surface area contributed by atoms with E-state index in [1.807, 2.05) is 0 Å². The van der Waals surface area contributed by atoms with Gasteiger partial charge in [-0.3, -0.25) is 9.35 Å². The van der Waals surface area contributed by atoms with Crippen LogP contribution in [0.2, 0.25) is 0 Å². The van der Waals surface area contributed by atoms with Gasteiger partial charge in [-0.2, -0.15) is 8.42 Å². The van der Waals surface area contributed by atoms with Crippen LogP contribution < -0.4 is 11.1 Å². The second-order valence-corrected chi connectivity index (χ2v) is 4.27. The number of carbonyl (C=O) groups excluding carboxylic acids is 1. The predicted octanol–water partition coefficient (Wildman–Crippen LogP) is 0.474. The molecule has 0 fully saturated rings. The van der Waals surface area contributed by atoms with Gasteiger partial charge < -0.3 is 11.1 Å². The van der Waals surface area contributed by atoms with Crippen molar-refractivity contribution in [2.24, 2.45) is 0 Å². The summed E-state index contributed by atoms with van der Waals surface area (Å²) >= 11 is 0. The van der Waals surface area contributed by atoms with Gasteiger partial charge in [0, 0.05) is 6.92 Å². The Morgan fingerprint density at radius 2 is 2.07 bits per heavy atom. The van der Waals surface area contributed by atoms with Gasteiger partial charge in [-0.05, 0) is 12.1 Å². The fourth-order valence-corrected chi connectivity index (χ4v) is 1.75. The smallest absolute Gasteiger partial charge is 0.296 e. The maximum absolute atomic E-state index is 10.9. The van der Waals surface area contributed by atoms with E-state index in [1.54, 1.807) is 0 Å². The van der Waals surface area contributed by atoms with Crippen molar-refractivity contribution in [1.82, 2.24) is 0 Å². The number of hydrogen-bond donors (Lipinski definition) is 3. The van der Waals surface area contributed by atoms with E-state index in [9.17, 15) is 13.2 Å². The average molecular weight is 230 g/mol. The van der Waals surface area contributed by atoms with Crippen LogP contribution in [0.5, 0.6) is 0 Å². The molecular weight excluding hydrogens is 220 g/mol. The van der Waals surface area contributed by atoms with E-state index in [2.05, 4.69) is 5.32 Å². The third-order valence-corrected chi connectivity index (χ3v) is 2.53. The Morgan fingerprint density at radius 3 is 2.53 bits per heavy atom. The fourth-order valence-electron chi connectivity index (χ4n) is 1.07. The minimum Gasteiger partial charge on any atom is -0.397 e. The zero-order chi connectivity index (χ0) is 11.6. The van der Waals surface area contributed by atoms with Crippen molar-refractivity contribution < 1.29 is 17.8 Å². The Kier molecular flexibility index (Phi) is 2.96. The highest BCUT2D eigenvalue weighted by atomic mass is 32.2. The Bertz CT molecular complexity index is 495. The molecule has 1 rings (SSSR count). The Labute approximate surface area is 86.8 Å². The van der Waals surface area contributed by atoms with Gasteiger partial charge in [-0.15, -0.1) is 0 Å². The lowest BCUT2D eigenvalue weighted by Gasteiger charge is -2.09. The summed E-state index contributed by atoms with van der Waals surface area (Å²) in [5, 5.41) is 2.25. The summed E-state index contributed by atoms with van der Waals surface area (Å²) < 4.78 is 30.7. The topological polar surface area (TPSA) is 109 Å². The van der Waals surface area contributed by atoms with Crippen molar-refractivity contribution in [2.45, 2.75) is 11.8 Å². The molecule has 0 radical (unpaired) electrons. The van der Waals surface area contributed by atoms with E-state index in [4.69, 9.17) is 10.3 Å². The highest BCUT2D eigenvalue weighted by Gasteiger charge is 2.17. The van der Waals surface area contributed by atoms with Crippen LogP contribution in [0.3, 0.4) is 0 Å². The lowest BCUT2D eigenvalue weighted by molar-refractivity contribution is -0.114. The van der Waals surface area contributed by atoms with Crippen LogP contribution in [0.1, 0.15) is 6.92 Å². The molecule has 0 atom stereocenters. The molecule has 0 aromatic heterocycles. The van der Waals surface area contributed by atoms with E-state index in [0.29, 0.717) is 0 Å². The molecule has 1 amide bonds. The molecule has 0 saturated heterocycles. The summed E-state index contributed by atoms with van der Waals surface area (Å²) in [6.45, 7) is 1.21. The third-order valence-electron chi connectivity index (χ3n) is 1.64. The van der Waals surface area contributed by atoms with E-state index in [0.717, 1.165) is 6.07 Å². The van der Waals surface area contributed by atoms with E-state index >= 15 is 0 Å². The number of benzene rings is 1. The van der Waals surface area contributed by atoms with Gasteiger partial charge in [-0.25, -0.2) is 0 Å². The molecule has 0 heterocycles. The first-order chi connectivity index (χ1) is 6.82.